The van der Waals surface area contributed by atoms with Gasteiger partial charge < -0.3 is 10.6 Å². The quantitative estimate of drug-likeness (QED) is 0.492. The zero-order chi connectivity index (χ0) is 23.1. The third kappa shape index (κ3) is 3.80. The minimum Gasteiger partial charge on any atom is -0.368 e. The van der Waals surface area contributed by atoms with E-state index in [9.17, 15) is 4.79 Å². The predicted octanol–water partition coefficient (Wildman–Crippen LogP) is 4.63. The van der Waals surface area contributed by atoms with Gasteiger partial charge in [-0.05, 0) is 65.9 Å². The number of fused-ring (bicyclic) bond motifs is 2. The summed E-state index contributed by atoms with van der Waals surface area (Å²) < 4.78 is 0. The third-order valence-corrected chi connectivity index (χ3v) is 6.96. The number of aromatic nitrogens is 2. The molecule has 2 N–H and O–H groups in total. The number of nitrogens with two attached hydrogens (primary N) is 1. The normalized spacial score (nSPS) is 15.7. The first-order valence-corrected chi connectivity index (χ1v) is 11.9. The Hall–Kier alpha value is -3.77. The van der Waals surface area contributed by atoms with Crippen molar-refractivity contribution in [1.82, 2.24) is 19.8 Å². The Morgan fingerprint density at radius 2 is 1.59 bits per heavy atom. The molecule has 3 aromatic carbocycles. The highest BCUT2D eigenvalue weighted by atomic mass is 16.2. The molecule has 170 valence electrons. The van der Waals surface area contributed by atoms with Gasteiger partial charge in [0.15, 0.2) is 0 Å². The number of carbonyl (C=O) groups excluding carboxylic acids is 1. The van der Waals surface area contributed by atoms with Crippen LogP contribution in [0.4, 0.5) is 5.95 Å². The van der Waals surface area contributed by atoms with Gasteiger partial charge in [0.05, 0.1) is 5.52 Å². The lowest BCUT2D eigenvalue weighted by Crippen LogP contribution is -2.27. The monoisotopic (exact) mass is 449 g/mol. The van der Waals surface area contributed by atoms with Crippen molar-refractivity contribution in [3.8, 4) is 11.1 Å². The van der Waals surface area contributed by atoms with Crippen LogP contribution in [0.1, 0.15) is 40.0 Å². The Balaban J connectivity index is 1.39. The highest BCUT2D eigenvalue weighted by Gasteiger charge is 2.27. The Morgan fingerprint density at radius 1 is 0.882 bits per heavy atom. The summed E-state index contributed by atoms with van der Waals surface area (Å²) in [4.78, 5) is 26.8. The summed E-state index contributed by atoms with van der Waals surface area (Å²) in [7, 11) is 0. The molecule has 1 fully saturated rings. The highest BCUT2D eigenvalue weighted by molar-refractivity contribution is 6.05. The molecule has 1 amide bonds. The Morgan fingerprint density at radius 3 is 2.35 bits per heavy atom. The molecular formula is C28H27N5O. The fourth-order valence-electron chi connectivity index (χ4n) is 5.22. The van der Waals surface area contributed by atoms with Crippen molar-refractivity contribution in [3.05, 3.63) is 89.1 Å². The molecule has 34 heavy (non-hydrogen) atoms. The van der Waals surface area contributed by atoms with Crippen molar-refractivity contribution >= 4 is 22.8 Å². The van der Waals surface area contributed by atoms with Gasteiger partial charge in [-0.2, -0.15) is 0 Å². The van der Waals surface area contributed by atoms with E-state index in [1.54, 1.807) is 0 Å². The van der Waals surface area contributed by atoms with E-state index in [0.29, 0.717) is 24.3 Å². The summed E-state index contributed by atoms with van der Waals surface area (Å²) in [6.45, 7) is 4.40. The number of anilines is 1. The van der Waals surface area contributed by atoms with Crippen molar-refractivity contribution in [2.75, 3.05) is 18.8 Å². The first-order valence-electron chi connectivity index (χ1n) is 11.9. The van der Waals surface area contributed by atoms with Crippen LogP contribution >= 0.6 is 0 Å². The van der Waals surface area contributed by atoms with Crippen LogP contribution in [0.15, 0.2) is 66.7 Å². The molecule has 0 saturated carbocycles. The molecular weight excluding hydrogens is 422 g/mol. The first-order chi connectivity index (χ1) is 16.7. The summed E-state index contributed by atoms with van der Waals surface area (Å²) in [6, 6.07) is 22.8. The van der Waals surface area contributed by atoms with Gasteiger partial charge in [-0.1, -0.05) is 54.6 Å². The molecule has 1 saturated heterocycles. The van der Waals surface area contributed by atoms with Crippen molar-refractivity contribution in [3.63, 3.8) is 0 Å². The second-order valence-corrected chi connectivity index (χ2v) is 9.23. The van der Waals surface area contributed by atoms with Crippen LogP contribution in [0, 0.1) is 0 Å². The van der Waals surface area contributed by atoms with Crippen LogP contribution in [0.25, 0.3) is 22.0 Å². The Labute approximate surface area is 199 Å². The molecule has 0 radical (unpaired) electrons. The van der Waals surface area contributed by atoms with E-state index in [2.05, 4.69) is 57.3 Å². The fraction of sp³-hybridized carbons (Fsp3) is 0.250. The average Bonchev–Trinajstić information content (AvgIpc) is 3.53. The molecule has 4 aromatic rings. The average molecular weight is 450 g/mol. The number of rotatable bonds is 4. The van der Waals surface area contributed by atoms with Gasteiger partial charge in [0.25, 0.3) is 5.91 Å². The summed E-state index contributed by atoms with van der Waals surface area (Å²) >= 11 is 0. The molecule has 0 unspecified atom stereocenters. The van der Waals surface area contributed by atoms with Gasteiger partial charge in [0, 0.05) is 25.0 Å². The number of hydrogen-bond acceptors (Lipinski definition) is 5. The SMILES string of the molecule is Nc1nc(C(=O)N2Cc3ccccc3C2)c2cc(-c3ccccc3CN3CCCC3)ccc2n1. The molecule has 6 nitrogen and oxygen atoms in total. The molecule has 6 rings (SSSR count). The van der Waals surface area contributed by atoms with Gasteiger partial charge in [-0.25, -0.2) is 9.97 Å². The lowest BCUT2D eigenvalue weighted by atomic mass is 9.97. The first kappa shape index (κ1) is 20.8. The molecule has 0 spiro atoms. The van der Waals surface area contributed by atoms with E-state index in [1.165, 1.54) is 35.1 Å². The van der Waals surface area contributed by atoms with Crippen LogP contribution in [-0.4, -0.2) is 38.8 Å². The van der Waals surface area contributed by atoms with E-state index in [-0.39, 0.29) is 11.9 Å². The minimum atomic E-state index is -0.113. The number of hydrogen-bond donors (Lipinski definition) is 1. The lowest BCUT2D eigenvalue weighted by Gasteiger charge is -2.19. The number of likely N-dealkylation sites (tertiary alicyclic amines) is 1. The van der Waals surface area contributed by atoms with Gasteiger partial charge in [-0.3, -0.25) is 9.69 Å². The zero-order valence-corrected chi connectivity index (χ0v) is 19.1. The standard InChI is InChI=1S/C28H27N5O/c29-28-30-25-12-11-19(23-10-4-3-9-22(23)16-32-13-5-6-14-32)15-24(25)26(31-28)27(34)33-17-20-7-1-2-8-21(20)18-33/h1-4,7-12,15H,5-6,13-14,16-18H2,(H2,29,30,31). The van der Waals surface area contributed by atoms with E-state index >= 15 is 0 Å². The number of amides is 1. The molecule has 0 aliphatic carbocycles. The largest absolute Gasteiger partial charge is 0.368 e. The number of nitrogens with zero attached hydrogens (tertiary/aromatic N) is 4. The van der Waals surface area contributed by atoms with E-state index in [0.717, 1.165) is 30.6 Å². The molecule has 2 aliphatic heterocycles. The smallest absolute Gasteiger partial charge is 0.273 e. The second-order valence-electron chi connectivity index (χ2n) is 9.23. The molecule has 3 heterocycles. The van der Waals surface area contributed by atoms with E-state index in [1.807, 2.05) is 29.2 Å². The highest BCUT2D eigenvalue weighted by Crippen LogP contribution is 2.31. The van der Waals surface area contributed by atoms with E-state index in [4.69, 9.17) is 5.73 Å². The zero-order valence-electron chi connectivity index (χ0n) is 19.1. The molecule has 2 aliphatic rings. The fourth-order valence-corrected chi connectivity index (χ4v) is 5.22. The summed E-state index contributed by atoms with van der Waals surface area (Å²) in [5, 5.41) is 0.739. The maximum absolute atomic E-state index is 13.6. The third-order valence-electron chi connectivity index (χ3n) is 6.96. The Bertz CT molecular complexity index is 1370. The number of benzene rings is 3. The van der Waals surface area contributed by atoms with Gasteiger partial charge in [-0.15, -0.1) is 0 Å². The molecule has 1 aromatic heterocycles. The minimum absolute atomic E-state index is 0.113. The van der Waals surface area contributed by atoms with Gasteiger partial charge in [0.2, 0.25) is 5.95 Å². The second kappa shape index (κ2) is 8.54. The topological polar surface area (TPSA) is 75.3 Å². The van der Waals surface area contributed by atoms with Crippen LogP contribution in [0.5, 0.6) is 0 Å². The summed E-state index contributed by atoms with van der Waals surface area (Å²) in [5.74, 6) is 0.00699. The molecule has 0 bridgehead atoms. The molecule has 0 atom stereocenters. The van der Waals surface area contributed by atoms with Crippen molar-refractivity contribution < 1.29 is 4.79 Å². The maximum Gasteiger partial charge on any atom is 0.273 e. The van der Waals surface area contributed by atoms with Gasteiger partial charge in [0.1, 0.15) is 5.69 Å². The van der Waals surface area contributed by atoms with Crippen molar-refractivity contribution in [1.29, 1.82) is 0 Å². The maximum atomic E-state index is 13.6. The molecule has 6 heteroatoms. The number of carbonyl (C=O) groups is 1. The van der Waals surface area contributed by atoms with Crippen LogP contribution in [0.2, 0.25) is 0 Å². The van der Waals surface area contributed by atoms with Gasteiger partial charge >= 0.3 is 0 Å². The van der Waals surface area contributed by atoms with Crippen LogP contribution in [0.3, 0.4) is 0 Å². The predicted molar refractivity (Wildman–Crippen MR) is 134 cm³/mol. The lowest BCUT2D eigenvalue weighted by molar-refractivity contribution is 0.0747. The van der Waals surface area contributed by atoms with Crippen LogP contribution < -0.4 is 5.73 Å². The number of nitrogen functional groups attached to an aromatic ring is 1. The summed E-state index contributed by atoms with van der Waals surface area (Å²) in [6.07, 6.45) is 2.53. The van der Waals surface area contributed by atoms with E-state index < -0.39 is 0 Å². The van der Waals surface area contributed by atoms with Crippen molar-refractivity contribution in [2.24, 2.45) is 0 Å². The summed E-state index contributed by atoms with van der Waals surface area (Å²) in [5.41, 5.74) is 13.0. The van der Waals surface area contributed by atoms with Crippen LogP contribution in [-0.2, 0) is 19.6 Å². The Kier molecular flexibility index (Phi) is 5.23. The van der Waals surface area contributed by atoms with Crippen molar-refractivity contribution in [2.45, 2.75) is 32.5 Å².